The number of carbonyl (C=O) groups is 1. The number of aromatic nitrogens is 2. The van der Waals surface area contributed by atoms with Gasteiger partial charge in [-0.2, -0.15) is 9.40 Å². The predicted molar refractivity (Wildman–Crippen MR) is 121 cm³/mol. The van der Waals surface area contributed by atoms with Crippen molar-refractivity contribution in [1.82, 2.24) is 19.4 Å². The summed E-state index contributed by atoms with van der Waals surface area (Å²) >= 11 is 0. The number of H-pyrrole nitrogens is 1. The van der Waals surface area contributed by atoms with Crippen LogP contribution in [0.5, 0.6) is 11.5 Å². The fourth-order valence-electron chi connectivity index (χ4n) is 3.94. The Balaban J connectivity index is 1.25. The molecule has 10 heteroatoms. The standard InChI is InChI=1S/C23H24N4O5S/c1-16-2-4-17(5-3-16)19-15-20(25-24-19)23(28)26-8-10-27(11-9-26)33(29,30)18-6-7-21-22(14-18)32-13-12-31-21/h2-7,14-15H,8-13H2,1H3,(H,24,25). The quantitative estimate of drug-likeness (QED) is 0.630. The minimum atomic E-state index is -3.71. The van der Waals surface area contributed by atoms with Crippen molar-refractivity contribution in [3.63, 3.8) is 0 Å². The zero-order valence-electron chi connectivity index (χ0n) is 18.2. The smallest absolute Gasteiger partial charge is 0.271 e. The number of carbonyl (C=O) groups excluding carboxylic acids is 1. The molecule has 3 aromatic rings. The van der Waals surface area contributed by atoms with Crippen LogP contribution in [0.4, 0.5) is 0 Å². The maximum atomic E-state index is 13.1. The highest BCUT2D eigenvalue weighted by atomic mass is 32.2. The van der Waals surface area contributed by atoms with Crippen molar-refractivity contribution < 1.29 is 22.7 Å². The van der Waals surface area contributed by atoms with Crippen LogP contribution in [-0.4, -0.2) is 73.1 Å². The molecule has 2 aliphatic heterocycles. The Morgan fingerprint density at radius 3 is 2.36 bits per heavy atom. The average molecular weight is 469 g/mol. The lowest BCUT2D eigenvalue weighted by molar-refractivity contribution is 0.0692. The van der Waals surface area contributed by atoms with Gasteiger partial charge in [0.2, 0.25) is 10.0 Å². The maximum Gasteiger partial charge on any atom is 0.271 e. The van der Waals surface area contributed by atoms with Gasteiger partial charge in [0.1, 0.15) is 18.9 Å². The van der Waals surface area contributed by atoms with E-state index in [1.165, 1.54) is 16.4 Å². The lowest BCUT2D eigenvalue weighted by Crippen LogP contribution is -2.50. The summed E-state index contributed by atoms with van der Waals surface area (Å²) in [5.74, 6) is 0.775. The number of benzene rings is 2. The summed E-state index contributed by atoms with van der Waals surface area (Å²) in [6.07, 6.45) is 0. The second-order valence-corrected chi connectivity index (χ2v) is 9.97. The van der Waals surface area contributed by atoms with Crippen LogP contribution in [0.3, 0.4) is 0 Å². The minimum absolute atomic E-state index is 0.155. The number of fused-ring (bicyclic) bond motifs is 1. The summed E-state index contributed by atoms with van der Waals surface area (Å²) in [5.41, 5.74) is 3.15. The molecule has 2 aliphatic rings. The van der Waals surface area contributed by atoms with Gasteiger partial charge >= 0.3 is 0 Å². The number of piperazine rings is 1. The van der Waals surface area contributed by atoms with E-state index >= 15 is 0 Å². The van der Waals surface area contributed by atoms with Crippen LogP contribution in [0, 0.1) is 6.92 Å². The Hall–Kier alpha value is -3.37. The first-order chi connectivity index (χ1) is 15.9. The first kappa shape index (κ1) is 21.5. The molecule has 1 N–H and O–H groups in total. The highest BCUT2D eigenvalue weighted by Gasteiger charge is 2.32. The third-order valence-electron chi connectivity index (χ3n) is 5.83. The zero-order valence-corrected chi connectivity index (χ0v) is 19.0. The molecule has 0 bridgehead atoms. The first-order valence-corrected chi connectivity index (χ1v) is 12.2. The molecule has 0 unspecified atom stereocenters. The van der Waals surface area contributed by atoms with Gasteiger partial charge in [-0.25, -0.2) is 8.42 Å². The van der Waals surface area contributed by atoms with Crippen molar-refractivity contribution in [2.75, 3.05) is 39.4 Å². The van der Waals surface area contributed by atoms with Gasteiger partial charge in [0.05, 0.1) is 10.6 Å². The number of aryl methyl sites for hydroxylation is 1. The van der Waals surface area contributed by atoms with Gasteiger partial charge < -0.3 is 14.4 Å². The number of hydrogen-bond acceptors (Lipinski definition) is 6. The third kappa shape index (κ3) is 4.19. The van der Waals surface area contributed by atoms with Crippen LogP contribution in [0.2, 0.25) is 0 Å². The zero-order chi connectivity index (χ0) is 23.0. The normalized spacial score (nSPS) is 16.6. The molecule has 33 heavy (non-hydrogen) atoms. The average Bonchev–Trinajstić information content (AvgIpc) is 3.34. The van der Waals surface area contributed by atoms with Crippen molar-refractivity contribution in [2.24, 2.45) is 0 Å². The Bertz CT molecular complexity index is 1280. The van der Waals surface area contributed by atoms with Crippen LogP contribution in [0.15, 0.2) is 53.4 Å². The summed E-state index contributed by atoms with van der Waals surface area (Å²) in [5, 5.41) is 7.07. The van der Waals surface area contributed by atoms with Crippen LogP contribution in [-0.2, 0) is 10.0 Å². The largest absolute Gasteiger partial charge is 0.486 e. The van der Waals surface area contributed by atoms with E-state index in [1.807, 2.05) is 31.2 Å². The number of rotatable bonds is 4. The van der Waals surface area contributed by atoms with Gasteiger partial charge in [0.15, 0.2) is 11.5 Å². The van der Waals surface area contributed by atoms with E-state index in [4.69, 9.17) is 9.47 Å². The van der Waals surface area contributed by atoms with Crippen LogP contribution < -0.4 is 9.47 Å². The molecule has 3 heterocycles. The monoisotopic (exact) mass is 468 g/mol. The molecule has 0 radical (unpaired) electrons. The van der Waals surface area contributed by atoms with E-state index in [1.54, 1.807) is 17.0 Å². The Morgan fingerprint density at radius 2 is 1.64 bits per heavy atom. The third-order valence-corrected chi connectivity index (χ3v) is 7.73. The molecule has 0 atom stereocenters. The van der Waals surface area contributed by atoms with E-state index in [9.17, 15) is 13.2 Å². The SMILES string of the molecule is Cc1ccc(-c2cc(C(=O)N3CCN(S(=O)(=O)c4ccc5c(c4)OCCO5)CC3)[nH]n2)cc1. The van der Waals surface area contributed by atoms with Crippen molar-refractivity contribution in [3.8, 4) is 22.8 Å². The molecule has 9 nitrogen and oxygen atoms in total. The van der Waals surface area contributed by atoms with E-state index in [0.717, 1.165) is 11.1 Å². The van der Waals surface area contributed by atoms with Crippen LogP contribution in [0.1, 0.15) is 16.1 Å². The molecule has 172 valence electrons. The van der Waals surface area contributed by atoms with E-state index < -0.39 is 10.0 Å². The van der Waals surface area contributed by atoms with Crippen molar-refractivity contribution in [1.29, 1.82) is 0 Å². The summed E-state index contributed by atoms with van der Waals surface area (Å²) in [7, 11) is -3.71. The van der Waals surface area contributed by atoms with Gasteiger partial charge in [-0.1, -0.05) is 29.8 Å². The van der Waals surface area contributed by atoms with Crippen molar-refractivity contribution >= 4 is 15.9 Å². The number of hydrogen-bond donors (Lipinski definition) is 1. The van der Waals surface area contributed by atoms with E-state index in [-0.39, 0.29) is 23.9 Å². The molecule has 1 fully saturated rings. The van der Waals surface area contributed by atoms with Gasteiger partial charge in [0, 0.05) is 37.8 Å². The van der Waals surface area contributed by atoms with Gasteiger partial charge in [-0.3, -0.25) is 9.89 Å². The second kappa shape index (κ2) is 8.53. The molecule has 1 aromatic heterocycles. The highest BCUT2D eigenvalue weighted by molar-refractivity contribution is 7.89. The summed E-state index contributed by atoms with van der Waals surface area (Å²) < 4.78 is 38.6. The summed E-state index contributed by atoms with van der Waals surface area (Å²) in [4.78, 5) is 14.7. The molecule has 1 amide bonds. The van der Waals surface area contributed by atoms with Crippen LogP contribution >= 0.6 is 0 Å². The molecule has 0 saturated carbocycles. The molecule has 5 rings (SSSR count). The molecular weight excluding hydrogens is 444 g/mol. The molecule has 2 aromatic carbocycles. The maximum absolute atomic E-state index is 13.1. The fourth-order valence-corrected chi connectivity index (χ4v) is 5.38. The predicted octanol–water partition coefficient (Wildman–Crippen LogP) is 2.30. The number of sulfonamides is 1. The van der Waals surface area contributed by atoms with E-state index in [2.05, 4.69) is 10.2 Å². The number of amides is 1. The van der Waals surface area contributed by atoms with Gasteiger partial charge in [-0.15, -0.1) is 0 Å². The Morgan fingerprint density at radius 1 is 0.939 bits per heavy atom. The van der Waals surface area contributed by atoms with E-state index in [0.29, 0.717) is 49.2 Å². The van der Waals surface area contributed by atoms with Crippen molar-refractivity contribution in [2.45, 2.75) is 11.8 Å². The van der Waals surface area contributed by atoms with Crippen molar-refractivity contribution in [3.05, 3.63) is 59.8 Å². The number of ether oxygens (including phenoxy) is 2. The van der Waals surface area contributed by atoms with Gasteiger partial charge in [-0.05, 0) is 25.1 Å². The van der Waals surface area contributed by atoms with Gasteiger partial charge in [0.25, 0.3) is 5.91 Å². The topological polar surface area (TPSA) is 105 Å². The molecule has 0 aliphatic carbocycles. The number of nitrogens with zero attached hydrogens (tertiary/aromatic N) is 3. The fraction of sp³-hybridized carbons (Fsp3) is 0.304. The van der Waals surface area contributed by atoms with Crippen LogP contribution in [0.25, 0.3) is 11.3 Å². The lowest BCUT2D eigenvalue weighted by Gasteiger charge is -2.33. The summed E-state index contributed by atoms with van der Waals surface area (Å²) in [6, 6.07) is 14.3. The number of aromatic amines is 1. The summed E-state index contributed by atoms with van der Waals surface area (Å²) in [6.45, 7) is 3.84. The second-order valence-electron chi connectivity index (χ2n) is 8.03. The molecular formula is C23H24N4O5S. The molecule has 1 saturated heterocycles. The lowest BCUT2D eigenvalue weighted by atomic mass is 10.1. The highest BCUT2D eigenvalue weighted by Crippen LogP contribution is 2.33. The Labute approximate surface area is 192 Å². The first-order valence-electron chi connectivity index (χ1n) is 10.7. The molecule has 0 spiro atoms. The minimum Gasteiger partial charge on any atom is -0.486 e. The Kier molecular flexibility index (Phi) is 5.55. The number of nitrogens with one attached hydrogen (secondary N) is 1.